The van der Waals surface area contributed by atoms with Gasteiger partial charge in [-0.15, -0.1) is 11.3 Å². The lowest BCUT2D eigenvalue weighted by Crippen LogP contribution is -2.50. The molecule has 2 amide bonds. The highest BCUT2D eigenvalue weighted by atomic mass is 32.1. The number of nitrogens with one attached hydrogen (secondary N) is 1. The van der Waals surface area contributed by atoms with Crippen molar-refractivity contribution in [1.29, 1.82) is 0 Å². The van der Waals surface area contributed by atoms with Crippen LogP contribution in [0.15, 0.2) is 23.6 Å². The summed E-state index contributed by atoms with van der Waals surface area (Å²) in [7, 11) is 0. The molecule has 0 spiro atoms. The number of amides is 2. The standard InChI is InChI=1S/C24H31N3O2S/c1-16-7-8-19-20(15-30-21(19)13-16)24(29)27-11-9-26(10-12-27)14-22(28)25-23-17(2)5-4-6-18(23)3/h4-6,15-16H,7-14H2,1-3H3,(H,25,28). The Morgan fingerprint density at radius 2 is 1.83 bits per heavy atom. The summed E-state index contributed by atoms with van der Waals surface area (Å²) >= 11 is 1.75. The Labute approximate surface area is 183 Å². The van der Waals surface area contributed by atoms with Gasteiger partial charge in [-0.1, -0.05) is 25.1 Å². The highest BCUT2D eigenvalue weighted by molar-refractivity contribution is 7.10. The van der Waals surface area contributed by atoms with Crippen molar-refractivity contribution < 1.29 is 9.59 Å². The molecule has 2 aliphatic rings. The van der Waals surface area contributed by atoms with Gasteiger partial charge in [0.2, 0.25) is 5.91 Å². The van der Waals surface area contributed by atoms with E-state index in [0.717, 1.165) is 54.2 Å². The minimum Gasteiger partial charge on any atom is -0.336 e. The van der Waals surface area contributed by atoms with Crippen LogP contribution in [0.25, 0.3) is 0 Å². The van der Waals surface area contributed by atoms with E-state index in [2.05, 4.69) is 22.5 Å². The number of hydrogen-bond acceptors (Lipinski definition) is 4. The minimum absolute atomic E-state index is 0.00759. The third-order valence-electron chi connectivity index (χ3n) is 6.40. The number of rotatable bonds is 4. The molecular weight excluding hydrogens is 394 g/mol. The molecule has 0 saturated carbocycles. The van der Waals surface area contributed by atoms with Crippen molar-refractivity contribution in [1.82, 2.24) is 9.80 Å². The van der Waals surface area contributed by atoms with Gasteiger partial charge in [0.25, 0.3) is 5.91 Å². The zero-order valence-corrected chi connectivity index (χ0v) is 19.0. The summed E-state index contributed by atoms with van der Waals surface area (Å²) in [5.74, 6) is 0.896. The number of para-hydroxylation sites is 1. The summed E-state index contributed by atoms with van der Waals surface area (Å²) in [4.78, 5) is 31.1. The number of fused-ring (bicyclic) bond motifs is 1. The third kappa shape index (κ3) is 4.44. The molecule has 160 valence electrons. The van der Waals surface area contributed by atoms with Gasteiger partial charge in [-0.25, -0.2) is 0 Å². The Morgan fingerprint density at radius 1 is 1.13 bits per heavy atom. The van der Waals surface area contributed by atoms with Crippen LogP contribution >= 0.6 is 11.3 Å². The van der Waals surface area contributed by atoms with Crippen LogP contribution < -0.4 is 5.32 Å². The predicted octanol–water partition coefficient (Wildman–Crippen LogP) is 3.89. The quantitative estimate of drug-likeness (QED) is 0.809. The van der Waals surface area contributed by atoms with Crippen LogP contribution in [0.2, 0.25) is 0 Å². The van der Waals surface area contributed by atoms with Gasteiger partial charge < -0.3 is 10.2 Å². The Bertz CT molecular complexity index is 924. The Hall–Kier alpha value is -2.18. The molecule has 1 atom stereocenters. The molecule has 6 heteroatoms. The summed E-state index contributed by atoms with van der Waals surface area (Å²) in [5, 5.41) is 5.12. The molecule has 1 unspecified atom stereocenters. The van der Waals surface area contributed by atoms with Gasteiger partial charge in [-0.05, 0) is 55.7 Å². The lowest BCUT2D eigenvalue weighted by Gasteiger charge is -2.34. The second-order valence-electron chi connectivity index (χ2n) is 8.78. The number of carbonyl (C=O) groups is 2. The predicted molar refractivity (Wildman–Crippen MR) is 122 cm³/mol. The monoisotopic (exact) mass is 425 g/mol. The molecule has 1 aromatic heterocycles. The molecular formula is C24H31N3O2S. The highest BCUT2D eigenvalue weighted by Gasteiger charge is 2.28. The van der Waals surface area contributed by atoms with E-state index in [1.165, 1.54) is 16.9 Å². The number of piperazine rings is 1. The maximum Gasteiger partial charge on any atom is 0.255 e. The van der Waals surface area contributed by atoms with Crippen LogP contribution in [0.5, 0.6) is 0 Å². The summed E-state index contributed by atoms with van der Waals surface area (Å²) in [6.45, 7) is 9.49. The van der Waals surface area contributed by atoms with E-state index in [1.54, 1.807) is 11.3 Å². The molecule has 4 rings (SSSR count). The summed E-state index contributed by atoms with van der Waals surface area (Å²) in [6, 6.07) is 6.02. The number of hydrogen-bond donors (Lipinski definition) is 1. The zero-order chi connectivity index (χ0) is 21.3. The van der Waals surface area contributed by atoms with E-state index in [1.807, 2.05) is 36.9 Å². The van der Waals surface area contributed by atoms with E-state index in [-0.39, 0.29) is 11.8 Å². The molecule has 1 aliphatic heterocycles. The molecule has 2 aromatic rings. The Morgan fingerprint density at radius 3 is 2.53 bits per heavy atom. The minimum atomic E-state index is 0.00759. The second kappa shape index (κ2) is 8.90. The molecule has 0 bridgehead atoms. The number of carbonyl (C=O) groups excluding carboxylic acids is 2. The van der Waals surface area contributed by atoms with Crippen LogP contribution in [0, 0.1) is 19.8 Å². The first kappa shape index (κ1) is 21.1. The lowest BCUT2D eigenvalue weighted by atomic mass is 9.88. The van der Waals surface area contributed by atoms with Crippen molar-refractivity contribution in [3.8, 4) is 0 Å². The fourth-order valence-corrected chi connectivity index (χ4v) is 5.77. The number of thiophene rings is 1. The van der Waals surface area contributed by atoms with Crippen LogP contribution in [-0.4, -0.2) is 54.3 Å². The van der Waals surface area contributed by atoms with Gasteiger partial charge in [0.1, 0.15) is 0 Å². The smallest absolute Gasteiger partial charge is 0.255 e. The van der Waals surface area contributed by atoms with Crippen molar-refractivity contribution in [3.63, 3.8) is 0 Å². The normalized spacial score (nSPS) is 19.4. The Balaban J connectivity index is 1.31. The van der Waals surface area contributed by atoms with Gasteiger partial charge >= 0.3 is 0 Å². The summed E-state index contributed by atoms with van der Waals surface area (Å²) in [5.41, 5.74) is 5.27. The van der Waals surface area contributed by atoms with Gasteiger partial charge in [-0.2, -0.15) is 0 Å². The molecule has 1 aromatic carbocycles. The van der Waals surface area contributed by atoms with E-state index in [9.17, 15) is 9.59 Å². The van der Waals surface area contributed by atoms with E-state index in [0.29, 0.717) is 19.6 Å². The maximum atomic E-state index is 13.1. The molecule has 1 saturated heterocycles. The first-order valence-electron chi connectivity index (χ1n) is 10.9. The molecule has 30 heavy (non-hydrogen) atoms. The SMILES string of the molecule is Cc1cccc(C)c1NC(=O)CN1CCN(C(=O)c2csc3c2CCC(C)C3)CC1. The largest absolute Gasteiger partial charge is 0.336 e. The van der Waals surface area contributed by atoms with Crippen LogP contribution in [-0.2, 0) is 17.6 Å². The summed E-state index contributed by atoms with van der Waals surface area (Å²) in [6.07, 6.45) is 3.31. The van der Waals surface area contributed by atoms with Crippen LogP contribution in [0.1, 0.15) is 45.3 Å². The molecule has 2 heterocycles. The van der Waals surface area contributed by atoms with Crippen molar-refractivity contribution in [3.05, 3.63) is 50.7 Å². The first-order chi connectivity index (χ1) is 14.4. The first-order valence-corrected chi connectivity index (χ1v) is 11.8. The lowest BCUT2D eigenvalue weighted by molar-refractivity contribution is -0.117. The van der Waals surface area contributed by atoms with E-state index in [4.69, 9.17) is 0 Å². The number of nitrogens with zero attached hydrogens (tertiary/aromatic N) is 2. The second-order valence-corrected chi connectivity index (χ2v) is 9.75. The average molecular weight is 426 g/mol. The molecule has 1 N–H and O–H groups in total. The fourth-order valence-electron chi connectivity index (χ4n) is 4.53. The number of aryl methyl sites for hydroxylation is 2. The Kier molecular flexibility index (Phi) is 6.25. The van der Waals surface area contributed by atoms with E-state index < -0.39 is 0 Å². The van der Waals surface area contributed by atoms with Crippen LogP contribution in [0.3, 0.4) is 0 Å². The molecule has 0 radical (unpaired) electrons. The van der Waals surface area contributed by atoms with Crippen molar-refractivity contribution >= 4 is 28.8 Å². The van der Waals surface area contributed by atoms with Gasteiger partial charge in [-0.3, -0.25) is 14.5 Å². The number of benzene rings is 1. The molecule has 5 nitrogen and oxygen atoms in total. The van der Waals surface area contributed by atoms with Gasteiger partial charge in [0.15, 0.2) is 0 Å². The average Bonchev–Trinajstić information content (AvgIpc) is 3.14. The maximum absolute atomic E-state index is 13.1. The van der Waals surface area contributed by atoms with Crippen LogP contribution in [0.4, 0.5) is 5.69 Å². The van der Waals surface area contributed by atoms with Crippen molar-refractivity contribution in [2.24, 2.45) is 5.92 Å². The molecule has 1 aliphatic carbocycles. The zero-order valence-electron chi connectivity index (χ0n) is 18.2. The highest BCUT2D eigenvalue weighted by Crippen LogP contribution is 2.33. The summed E-state index contributed by atoms with van der Waals surface area (Å²) < 4.78 is 0. The van der Waals surface area contributed by atoms with E-state index >= 15 is 0 Å². The third-order valence-corrected chi connectivity index (χ3v) is 7.46. The number of anilines is 1. The van der Waals surface area contributed by atoms with Gasteiger partial charge in [0, 0.05) is 42.1 Å². The fraction of sp³-hybridized carbons (Fsp3) is 0.500. The van der Waals surface area contributed by atoms with Crippen molar-refractivity contribution in [2.45, 2.75) is 40.0 Å². The molecule has 1 fully saturated rings. The van der Waals surface area contributed by atoms with Gasteiger partial charge in [0.05, 0.1) is 12.1 Å². The topological polar surface area (TPSA) is 52.7 Å². The van der Waals surface area contributed by atoms with Crippen molar-refractivity contribution in [2.75, 3.05) is 38.0 Å².